The van der Waals surface area contributed by atoms with Gasteiger partial charge in [0.2, 0.25) is 5.95 Å². The summed E-state index contributed by atoms with van der Waals surface area (Å²) in [5.74, 6) is 0.663. The van der Waals surface area contributed by atoms with Gasteiger partial charge in [0.25, 0.3) is 0 Å². The molecule has 0 saturated heterocycles. The van der Waals surface area contributed by atoms with Gasteiger partial charge < -0.3 is 9.13 Å². The molecule has 0 fully saturated rings. The average Bonchev–Trinajstić information content (AvgIpc) is 3.92. The van der Waals surface area contributed by atoms with Crippen molar-refractivity contribution in [1.29, 1.82) is 0 Å². The van der Waals surface area contributed by atoms with E-state index in [4.69, 9.17) is 9.97 Å². The summed E-state index contributed by atoms with van der Waals surface area (Å²) in [6.07, 6.45) is 6.54. The summed E-state index contributed by atoms with van der Waals surface area (Å²) in [6.45, 7) is 0. The van der Waals surface area contributed by atoms with Crippen molar-refractivity contribution in [1.82, 2.24) is 23.7 Å². The van der Waals surface area contributed by atoms with Crippen LogP contribution < -0.4 is 0 Å². The Labute approximate surface area is 329 Å². The van der Waals surface area contributed by atoms with Crippen molar-refractivity contribution in [2.45, 2.75) is 12.8 Å². The Kier molecular flexibility index (Phi) is 6.99. The Morgan fingerprint density at radius 1 is 0.386 bits per heavy atom. The summed E-state index contributed by atoms with van der Waals surface area (Å²) in [6, 6.07) is 63.2. The topological polar surface area (TPSA) is 40.6 Å². The zero-order valence-electron chi connectivity index (χ0n) is 31.0. The second-order valence-electron chi connectivity index (χ2n) is 14.9. The third kappa shape index (κ3) is 4.89. The molecule has 1 aliphatic carbocycles. The first-order chi connectivity index (χ1) is 28.3. The molecule has 0 saturated carbocycles. The second kappa shape index (κ2) is 12.5. The van der Waals surface area contributed by atoms with Crippen LogP contribution in [0.3, 0.4) is 0 Å². The highest BCUT2D eigenvalue weighted by atomic mass is 15.2. The molecule has 57 heavy (non-hydrogen) atoms. The van der Waals surface area contributed by atoms with E-state index in [2.05, 4.69) is 202 Å². The molecule has 1 aliphatic rings. The number of aromatic nitrogens is 5. The van der Waals surface area contributed by atoms with E-state index in [9.17, 15) is 0 Å². The lowest BCUT2D eigenvalue weighted by Gasteiger charge is -2.17. The molecule has 0 amide bonds. The van der Waals surface area contributed by atoms with Crippen molar-refractivity contribution >= 4 is 60.6 Å². The number of allylic oxidation sites excluding steroid dienone is 1. The lowest BCUT2D eigenvalue weighted by Crippen LogP contribution is -2.07. The third-order valence-electron chi connectivity index (χ3n) is 11.7. The van der Waals surface area contributed by atoms with Gasteiger partial charge in [0.15, 0.2) is 0 Å². The molecule has 0 atom stereocenters. The first-order valence-corrected chi connectivity index (χ1v) is 19.6. The minimum Gasteiger partial charge on any atom is -0.309 e. The highest BCUT2D eigenvalue weighted by molar-refractivity contribution is 6.10. The molecule has 5 nitrogen and oxygen atoms in total. The van der Waals surface area contributed by atoms with Crippen LogP contribution in [0.15, 0.2) is 182 Å². The zero-order valence-corrected chi connectivity index (χ0v) is 31.0. The van der Waals surface area contributed by atoms with E-state index in [1.54, 1.807) is 0 Å². The fourth-order valence-electron chi connectivity index (χ4n) is 9.24. The van der Waals surface area contributed by atoms with Crippen LogP contribution in [0, 0.1) is 0 Å². The predicted octanol–water partition coefficient (Wildman–Crippen LogP) is 12.9. The molecule has 0 aliphatic heterocycles. The highest BCUT2D eigenvalue weighted by Crippen LogP contribution is 2.39. The summed E-state index contributed by atoms with van der Waals surface area (Å²) in [5, 5.41) is 6.17. The van der Waals surface area contributed by atoms with Gasteiger partial charge in [0, 0.05) is 49.4 Å². The minimum absolute atomic E-state index is 0.663. The number of benzene rings is 7. The van der Waals surface area contributed by atoms with E-state index >= 15 is 0 Å². The van der Waals surface area contributed by atoms with Crippen LogP contribution in [0.1, 0.15) is 17.7 Å². The van der Waals surface area contributed by atoms with Gasteiger partial charge >= 0.3 is 0 Å². The van der Waals surface area contributed by atoms with E-state index in [1.807, 2.05) is 0 Å². The van der Waals surface area contributed by atoms with Gasteiger partial charge in [-0.1, -0.05) is 127 Å². The molecule has 11 aromatic rings. The van der Waals surface area contributed by atoms with E-state index in [0.29, 0.717) is 5.95 Å². The standard InChI is InChI=1S/C52H35N5/c1-2-16-34(17-3-1)44-33-45(54-52(53-44)57-50-28-14-8-22-42(50)43-23-9-15-29-51(43)57)35-30-36(55-46-24-10-4-18-38(46)39-19-5-11-25-47(39)55)32-37(31-35)56-48-26-12-6-20-40(48)41-21-7-13-27-49(41)56/h1-8,10-22,24-33H,9,23H2. The molecule has 4 heterocycles. The van der Waals surface area contributed by atoms with Crippen LogP contribution in [0.4, 0.5) is 0 Å². The summed E-state index contributed by atoms with van der Waals surface area (Å²) in [5.41, 5.74) is 14.2. The quantitative estimate of drug-likeness (QED) is 0.177. The summed E-state index contributed by atoms with van der Waals surface area (Å²) in [4.78, 5) is 10.9. The van der Waals surface area contributed by atoms with Gasteiger partial charge in [0.05, 0.1) is 44.7 Å². The van der Waals surface area contributed by atoms with Crippen LogP contribution >= 0.6 is 0 Å². The number of para-hydroxylation sites is 5. The molecule has 0 bridgehead atoms. The van der Waals surface area contributed by atoms with Gasteiger partial charge in [-0.2, -0.15) is 0 Å². The molecule has 268 valence electrons. The molecule has 0 unspecified atom stereocenters. The molecule has 7 aromatic carbocycles. The van der Waals surface area contributed by atoms with Crippen molar-refractivity contribution < 1.29 is 0 Å². The maximum atomic E-state index is 5.52. The van der Waals surface area contributed by atoms with E-state index < -0.39 is 0 Å². The normalized spacial score (nSPS) is 12.7. The molecule has 0 N–H and O–H groups in total. The summed E-state index contributed by atoms with van der Waals surface area (Å²) in [7, 11) is 0. The monoisotopic (exact) mass is 729 g/mol. The summed E-state index contributed by atoms with van der Waals surface area (Å²) < 4.78 is 7.08. The molecule has 0 radical (unpaired) electrons. The molecular weight excluding hydrogens is 695 g/mol. The van der Waals surface area contributed by atoms with Gasteiger partial charge in [0.1, 0.15) is 0 Å². The maximum absolute atomic E-state index is 5.52. The van der Waals surface area contributed by atoms with E-state index in [-0.39, 0.29) is 0 Å². The Balaban J connectivity index is 1.19. The number of rotatable bonds is 5. The van der Waals surface area contributed by atoms with E-state index in [0.717, 1.165) is 80.0 Å². The van der Waals surface area contributed by atoms with Crippen LogP contribution in [0.25, 0.3) is 100 Å². The van der Waals surface area contributed by atoms with Gasteiger partial charge in [-0.25, -0.2) is 9.97 Å². The number of fused-ring (bicyclic) bond motifs is 9. The number of hydrogen-bond acceptors (Lipinski definition) is 2. The van der Waals surface area contributed by atoms with E-state index in [1.165, 1.54) is 32.5 Å². The van der Waals surface area contributed by atoms with Gasteiger partial charge in [-0.3, -0.25) is 4.57 Å². The smallest absolute Gasteiger partial charge is 0.235 e. The Hall–Kier alpha value is -7.50. The minimum atomic E-state index is 0.663. The number of hydrogen-bond donors (Lipinski definition) is 0. The van der Waals surface area contributed by atoms with Crippen molar-refractivity contribution in [3.05, 3.63) is 193 Å². The predicted molar refractivity (Wildman–Crippen MR) is 236 cm³/mol. The number of nitrogens with zero attached hydrogens (tertiary/aromatic N) is 5. The Morgan fingerprint density at radius 2 is 0.825 bits per heavy atom. The molecule has 5 heteroatoms. The highest BCUT2D eigenvalue weighted by Gasteiger charge is 2.23. The van der Waals surface area contributed by atoms with Gasteiger partial charge in [-0.15, -0.1) is 0 Å². The fraction of sp³-hybridized carbons (Fsp3) is 0.0385. The lowest BCUT2D eigenvalue weighted by molar-refractivity contribution is 0.921. The molecule has 12 rings (SSSR count). The fourth-order valence-corrected chi connectivity index (χ4v) is 9.24. The largest absolute Gasteiger partial charge is 0.309 e. The Bertz CT molecular complexity index is 3180. The van der Waals surface area contributed by atoms with Crippen LogP contribution in [0.5, 0.6) is 0 Å². The van der Waals surface area contributed by atoms with Crippen molar-refractivity contribution in [3.8, 4) is 39.8 Å². The van der Waals surface area contributed by atoms with Crippen molar-refractivity contribution in [2.24, 2.45) is 0 Å². The summed E-state index contributed by atoms with van der Waals surface area (Å²) >= 11 is 0. The second-order valence-corrected chi connectivity index (χ2v) is 14.9. The van der Waals surface area contributed by atoms with Crippen molar-refractivity contribution in [2.75, 3.05) is 0 Å². The first-order valence-electron chi connectivity index (χ1n) is 19.6. The van der Waals surface area contributed by atoms with Gasteiger partial charge in [-0.05, 0) is 79.1 Å². The lowest BCUT2D eigenvalue weighted by atomic mass is 10.0. The maximum Gasteiger partial charge on any atom is 0.235 e. The van der Waals surface area contributed by atoms with Crippen LogP contribution in [0.2, 0.25) is 0 Å². The Morgan fingerprint density at radius 3 is 1.35 bits per heavy atom. The number of aryl methyl sites for hydroxylation is 1. The molecule has 4 aromatic heterocycles. The SMILES string of the molecule is C1=Cc2c(c3ccccc3n2-c2nc(-c3ccccc3)cc(-c3cc(-n4c5ccccc5c5ccccc54)cc(-n4c5ccccc5c5ccccc54)c3)n2)CC1. The third-order valence-corrected chi connectivity index (χ3v) is 11.7. The van der Waals surface area contributed by atoms with Crippen LogP contribution in [-0.2, 0) is 6.42 Å². The van der Waals surface area contributed by atoms with Crippen molar-refractivity contribution in [3.63, 3.8) is 0 Å². The first kappa shape index (κ1) is 31.8. The average molecular weight is 730 g/mol. The molecule has 0 spiro atoms. The zero-order chi connectivity index (χ0) is 37.5. The molecular formula is C52H35N5. The van der Waals surface area contributed by atoms with Crippen LogP contribution in [-0.4, -0.2) is 23.7 Å².